The van der Waals surface area contributed by atoms with Crippen LogP contribution in [0.1, 0.15) is 5.82 Å². The molecule has 0 aliphatic carbocycles. The Balaban J connectivity index is 1.69. The largest absolute Gasteiger partial charge is 0.368 e. The van der Waals surface area contributed by atoms with Crippen LogP contribution in [0, 0.1) is 6.92 Å². The number of hydrogen-bond acceptors (Lipinski definition) is 6. The average molecular weight is 496 g/mol. The molecule has 1 aliphatic rings. The van der Waals surface area contributed by atoms with Crippen LogP contribution in [0.2, 0.25) is 10.0 Å². The Hall–Kier alpha value is -3.20. The predicted octanol–water partition coefficient (Wildman–Crippen LogP) is 3.68. The number of aromatic nitrogens is 4. The molecule has 2 aromatic heterocycles. The maximum atomic E-state index is 12.1. The molecule has 5 rings (SSSR count). The quantitative estimate of drug-likeness (QED) is 0.453. The lowest BCUT2D eigenvalue weighted by Gasteiger charge is -2.51. The lowest BCUT2D eigenvalue weighted by molar-refractivity contribution is -0.130. The molecule has 4 aromatic rings. The minimum atomic E-state index is -0.745. The predicted molar refractivity (Wildman–Crippen MR) is 134 cm³/mol. The molecular weight excluding hydrogens is 473 g/mol. The standard InChI is InChI=1S/C24H23Cl2N7O/c1-14-28-23(32-12-24(13-32,22(27)34)31(2)3)29-21-19(15-8-10-16(25)11-9-15)20(30-33(14)21)17-6-4-5-7-18(17)26/h4-11H,12-13H2,1-3H3,(H2,27,34). The number of nitrogens with two attached hydrogens (primary N) is 1. The van der Waals surface area contributed by atoms with E-state index < -0.39 is 5.54 Å². The molecule has 0 saturated carbocycles. The van der Waals surface area contributed by atoms with Gasteiger partial charge in [-0.2, -0.15) is 19.6 Å². The van der Waals surface area contributed by atoms with Gasteiger partial charge in [-0.1, -0.05) is 53.5 Å². The molecule has 1 fully saturated rings. The molecule has 2 N–H and O–H groups in total. The highest BCUT2D eigenvalue weighted by Gasteiger charge is 2.51. The van der Waals surface area contributed by atoms with Crippen LogP contribution in [0.4, 0.5) is 5.95 Å². The molecule has 174 valence electrons. The molecule has 34 heavy (non-hydrogen) atoms. The Morgan fingerprint density at radius 1 is 1.06 bits per heavy atom. The molecule has 8 nitrogen and oxygen atoms in total. The topological polar surface area (TPSA) is 92.7 Å². The molecule has 0 bridgehead atoms. The number of carbonyl (C=O) groups is 1. The van der Waals surface area contributed by atoms with Crippen molar-refractivity contribution in [1.82, 2.24) is 24.5 Å². The molecule has 3 heterocycles. The van der Waals surface area contributed by atoms with Crippen LogP contribution >= 0.6 is 23.2 Å². The maximum Gasteiger partial charge on any atom is 0.241 e. The minimum absolute atomic E-state index is 0.362. The second-order valence-electron chi connectivity index (χ2n) is 8.66. The third kappa shape index (κ3) is 3.50. The number of hydrogen-bond donors (Lipinski definition) is 1. The molecule has 1 amide bonds. The van der Waals surface area contributed by atoms with Gasteiger partial charge in [-0.15, -0.1) is 0 Å². The number of fused-ring (bicyclic) bond motifs is 1. The van der Waals surface area contributed by atoms with Gasteiger partial charge >= 0.3 is 0 Å². The maximum absolute atomic E-state index is 12.1. The van der Waals surface area contributed by atoms with Gasteiger partial charge in [0.15, 0.2) is 5.65 Å². The minimum Gasteiger partial charge on any atom is -0.368 e. The van der Waals surface area contributed by atoms with Gasteiger partial charge in [0, 0.05) is 10.6 Å². The van der Waals surface area contributed by atoms with Gasteiger partial charge in [0.2, 0.25) is 11.9 Å². The van der Waals surface area contributed by atoms with E-state index in [-0.39, 0.29) is 5.91 Å². The summed E-state index contributed by atoms with van der Waals surface area (Å²) >= 11 is 12.7. The first-order valence-corrected chi connectivity index (χ1v) is 11.5. The average Bonchev–Trinajstić information content (AvgIpc) is 3.13. The van der Waals surface area contributed by atoms with Crippen LogP contribution in [0.5, 0.6) is 0 Å². The number of amides is 1. The summed E-state index contributed by atoms with van der Waals surface area (Å²) in [5.74, 6) is 0.818. The van der Waals surface area contributed by atoms with Gasteiger partial charge in [0.25, 0.3) is 0 Å². The number of likely N-dealkylation sites (N-methyl/N-ethyl adjacent to an activating group) is 1. The molecule has 2 aromatic carbocycles. The zero-order chi connectivity index (χ0) is 24.2. The molecule has 0 spiro atoms. The first-order valence-electron chi connectivity index (χ1n) is 10.7. The van der Waals surface area contributed by atoms with Gasteiger partial charge in [0.05, 0.1) is 23.7 Å². The number of aryl methyl sites for hydroxylation is 1. The van der Waals surface area contributed by atoms with Gasteiger partial charge < -0.3 is 10.6 Å². The molecule has 1 saturated heterocycles. The summed E-state index contributed by atoms with van der Waals surface area (Å²) in [6.07, 6.45) is 0. The van der Waals surface area contributed by atoms with Crippen molar-refractivity contribution in [2.75, 3.05) is 32.1 Å². The van der Waals surface area contributed by atoms with Crippen molar-refractivity contribution in [3.63, 3.8) is 0 Å². The van der Waals surface area contributed by atoms with Crippen LogP contribution in [0.3, 0.4) is 0 Å². The fourth-order valence-corrected chi connectivity index (χ4v) is 4.65. The first-order chi connectivity index (χ1) is 16.2. The summed E-state index contributed by atoms with van der Waals surface area (Å²) in [7, 11) is 3.70. The van der Waals surface area contributed by atoms with Gasteiger partial charge in [-0.05, 0) is 44.8 Å². The number of anilines is 1. The van der Waals surface area contributed by atoms with Crippen molar-refractivity contribution in [3.05, 3.63) is 64.4 Å². The summed E-state index contributed by atoms with van der Waals surface area (Å²) in [6, 6.07) is 15.1. The summed E-state index contributed by atoms with van der Waals surface area (Å²) < 4.78 is 1.72. The Morgan fingerprint density at radius 3 is 2.35 bits per heavy atom. The van der Waals surface area contributed by atoms with E-state index in [0.717, 1.165) is 16.7 Å². The van der Waals surface area contributed by atoms with Crippen molar-refractivity contribution in [2.45, 2.75) is 12.5 Å². The lowest BCUT2D eigenvalue weighted by atomic mass is 9.88. The molecular formula is C24H23Cl2N7O. The second kappa shape index (κ2) is 8.23. The Kier molecular flexibility index (Phi) is 5.47. The van der Waals surface area contributed by atoms with Crippen molar-refractivity contribution in [1.29, 1.82) is 0 Å². The zero-order valence-corrected chi connectivity index (χ0v) is 20.5. The fourth-order valence-electron chi connectivity index (χ4n) is 4.30. The highest BCUT2D eigenvalue weighted by atomic mass is 35.5. The van der Waals surface area contributed by atoms with E-state index >= 15 is 0 Å². The number of nitrogens with zero attached hydrogens (tertiary/aromatic N) is 6. The van der Waals surface area contributed by atoms with Crippen molar-refractivity contribution in [2.24, 2.45) is 5.73 Å². The van der Waals surface area contributed by atoms with E-state index in [4.69, 9.17) is 39.0 Å². The number of benzene rings is 2. The molecule has 1 aliphatic heterocycles. The van der Waals surface area contributed by atoms with Gasteiger partial charge in [-0.3, -0.25) is 9.69 Å². The fraction of sp³-hybridized carbons (Fsp3) is 0.250. The lowest BCUT2D eigenvalue weighted by Crippen LogP contribution is -2.74. The van der Waals surface area contributed by atoms with Crippen LogP contribution in [0.25, 0.3) is 28.0 Å². The van der Waals surface area contributed by atoms with Crippen LogP contribution < -0.4 is 10.6 Å². The molecule has 10 heteroatoms. The summed E-state index contributed by atoms with van der Waals surface area (Å²) in [5, 5.41) is 6.07. The highest BCUT2D eigenvalue weighted by Crippen LogP contribution is 2.39. The Bertz CT molecular complexity index is 1410. The second-order valence-corrected chi connectivity index (χ2v) is 9.51. The summed E-state index contributed by atoms with van der Waals surface area (Å²) in [6.45, 7) is 2.69. The summed E-state index contributed by atoms with van der Waals surface area (Å²) in [5.41, 5.74) is 8.82. The van der Waals surface area contributed by atoms with E-state index in [1.165, 1.54) is 0 Å². The first kappa shape index (κ1) is 22.6. The van der Waals surface area contributed by atoms with Crippen molar-refractivity contribution < 1.29 is 4.79 Å². The number of halogens is 2. The molecule has 0 atom stereocenters. The molecule has 0 unspecified atom stereocenters. The highest BCUT2D eigenvalue weighted by molar-refractivity contribution is 6.33. The zero-order valence-electron chi connectivity index (χ0n) is 19.0. The van der Waals surface area contributed by atoms with E-state index in [0.29, 0.717) is 46.2 Å². The van der Waals surface area contributed by atoms with E-state index in [1.807, 2.05) is 79.3 Å². The third-order valence-corrected chi connectivity index (χ3v) is 6.98. The normalized spacial score (nSPS) is 15.1. The SMILES string of the molecule is Cc1nc(N2CC(C(N)=O)(N(C)C)C2)nc2c(-c3ccc(Cl)cc3)c(-c3ccccc3Cl)nn12. The number of primary amides is 1. The van der Waals surface area contributed by atoms with Crippen molar-refractivity contribution in [3.8, 4) is 22.4 Å². The monoisotopic (exact) mass is 495 g/mol. The van der Waals surface area contributed by atoms with Crippen LogP contribution in [-0.2, 0) is 4.79 Å². The number of rotatable bonds is 5. The third-order valence-electron chi connectivity index (χ3n) is 6.40. The molecule has 0 radical (unpaired) electrons. The Labute approximate surface area is 206 Å². The van der Waals surface area contributed by atoms with E-state index in [9.17, 15) is 4.79 Å². The smallest absolute Gasteiger partial charge is 0.241 e. The van der Waals surface area contributed by atoms with E-state index in [1.54, 1.807) is 4.52 Å². The number of carbonyl (C=O) groups excluding carboxylic acids is 1. The van der Waals surface area contributed by atoms with E-state index in [2.05, 4.69) is 4.98 Å². The van der Waals surface area contributed by atoms with Crippen LogP contribution in [0.15, 0.2) is 48.5 Å². The van der Waals surface area contributed by atoms with Crippen molar-refractivity contribution >= 4 is 40.7 Å². The Morgan fingerprint density at radius 2 is 1.74 bits per heavy atom. The summed E-state index contributed by atoms with van der Waals surface area (Å²) in [4.78, 5) is 25.5. The van der Waals surface area contributed by atoms with Crippen LogP contribution in [-0.4, -0.2) is 63.1 Å². The van der Waals surface area contributed by atoms with Gasteiger partial charge in [-0.25, -0.2) is 0 Å². The van der Waals surface area contributed by atoms with Gasteiger partial charge in [0.1, 0.15) is 17.1 Å².